The molecule has 6 heteroatoms. The zero-order chi connectivity index (χ0) is 11.7. The fourth-order valence-corrected chi connectivity index (χ4v) is 7.76. The van der Waals surface area contributed by atoms with Crippen molar-refractivity contribution in [1.82, 2.24) is 0 Å². The molecule has 0 aromatic carbocycles. The lowest BCUT2D eigenvalue weighted by molar-refractivity contribution is -0.00407. The van der Waals surface area contributed by atoms with Crippen molar-refractivity contribution in [3.05, 3.63) is 0 Å². The van der Waals surface area contributed by atoms with Crippen LogP contribution in [-0.4, -0.2) is 28.5 Å². The molecule has 4 rings (SSSR count). The van der Waals surface area contributed by atoms with Gasteiger partial charge in [0.15, 0.2) is 9.84 Å². The van der Waals surface area contributed by atoms with Gasteiger partial charge < -0.3 is 0 Å². The Morgan fingerprint density at radius 1 is 1.00 bits per heavy atom. The summed E-state index contributed by atoms with van der Waals surface area (Å²) in [6, 6.07) is 0. The maximum absolute atomic E-state index is 11.8. The second-order valence-electron chi connectivity index (χ2n) is 5.25. The van der Waals surface area contributed by atoms with E-state index in [-0.39, 0.29) is 5.92 Å². The van der Waals surface area contributed by atoms with Crippen LogP contribution < -0.4 is 0 Å². The fraction of sp³-hybridized carbons (Fsp3) is 1.00. The molecule has 2 aliphatic carbocycles. The van der Waals surface area contributed by atoms with Crippen LogP contribution in [0, 0.1) is 23.7 Å². The summed E-state index contributed by atoms with van der Waals surface area (Å²) in [5.74, 6) is 1.92. The summed E-state index contributed by atoms with van der Waals surface area (Å²) in [5.41, 5.74) is 0. The van der Waals surface area contributed by atoms with E-state index < -0.39 is 14.5 Å². The van der Waals surface area contributed by atoms with Crippen molar-refractivity contribution in [3.8, 4) is 0 Å². The molecule has 2 aliphatic heterocycles. The summed E-state index contributed by atoms with van der Waals surface area (Å²) < 4.78 is 22.9. The van der Waals surface area contributed by atoms with E-state index >= 15 is 0 Å². The lowest BCUT2D eigenvalue weighted by atomic mass is 9.57. The van der Waals surface area contributed by atoms with E-state index in [1.54, 1.807) is 0 Å². The zero-order valence-corrected chi connectivity index (χ0v) is 13.3. The van der Waals surface area contributed by atoms with Crippen LogP contribution in [0.1, 0.15) is 12.8 Å². The molecule has 16 heavy (non-hydrogen) atoms. The number of sulfone groups is 1. The Hall–Kier alpha value is 1.20. The highest BCUT2D eigenvalue weighted by Crippen LogP contribution is 2.62. The summed E-state index contributed by atoms with van der Waals surface area (Å²) in [5, 5.41) is 0. The van der Waals surface area contributed by atoms with Crippen LogP contribution in [0.25, 0.3) is 0 Å². The molecule has 2 heterocycles. The van der Waals surface area contributed by atoms with Gasteiger partial charge in [0.25, 0.3) is 0 Å². The highest BCUT2D eigenvalue weighted by atomic mass is 79.9. The minimum atomic E-state index is -3.02. The molecule has 4 aliphatic rings. The third-order valence-corrected chi connectivity index (χ3v) is 10.2. The average molecular weight is 393 g/mol. The quantitative estimate of drug-likeness (QED) is 0.594. The summed E-state index contributed by atoms with van der Waals surface area (Å²) >= 11 is 13.5. The van der Waals surface area contributed by atoms with Crippen molar-refractivity contribution in [2.75, 3.05) is 5.75 Å². The van der Waals surface area contributed by atoms with Crippen molar-refractivity contribution >= 4 is 53.3 Å². The Bertz CT molecular complexity index is 395. The Balaban J connectivity index is 1.92. The number of alkyl halides is 3. The summed E-state index contributed by atoms with van der Waals surface area (Å²) in [7, 11) is -3.02. The Morgan fingerprint density at radius 2 is 1.50 bits per heavy atom. The molecule has 0 radical (unpaired) electrons. The van der Waals surface area contributed by atoms with Crippen molar-refractivity contribution in [2.24, 2.45) is 23.7 Å². The molecule has 4 fully saturated rings. The van der Waals surface area contributed by atoms with Crippen molar-refractivity contribution in [3.63, 3.8) is 0 Å². The van der Waals surface area contributed by atoms with Crippen LogP contribution in [0.4, 0.5) is 0 Å². The van der Waals surface area contributed by atoms with E-state index in [4.69, 9.17) is 11.6 Å². The SMILES string of the molecule is O=S1(=O)CC2C3C[C@@H](Br)[C@H](Br)CC2C3C1Cl. The van der Waals surface area contributed by atoms with Gasteiger partial charge in [-0.2, -0.15) is 0 Å². The van der Waals surface area contributed by atoms with Gasteiger partial charge in [-0.15, -0.1) is 11.6 Å². The van der Waals surface area contributed by atoms with Gasteiger partial charge in [-0.05, 0) is 36.5 Å². The van der Waals surface area contributed by atoms with Crippen molar-refractivity contribution in [1.29, 1.82) is 0 Å². The third kappa shape index (κ3) is 1.57. The van der Waals surface area contributed by atoms with Gasteiger partial charge in [-0.1, -0.05) is 31.9 Å². The molecular weight excluding hydrogens is 379 g/mol. The molecule has 3 unspecified atom stereocenters. The number of hydrogen-bond donors (Lipinski definition) is 0. The number of rotatable bonds is 0. The van der Waals surface area contributed by atoms with Crippen LogP contribution in [0.5, 0.6) is 0 Å². The van der Waals surface area contributed by atoms with Crippen LogP contribution in [0.15, 0.2) is 0 Å². The summed E-state index contributed by atoms with van der Waals surface area (Å²) in [6.07, 6.45) is 2.11. The lowest BCUT2D eigenvalue weighted by Crippen LogP contribution is -2.60. The molecule has 4 bridgehead atoms. The second kappa shape index (κ2) is 3.84. The smallest absolute Gasteiger partial charge is 0.167 e. The van der Waals surface area contributed by atoms with E-state index in [0.717, 1.165) is 12.8 Å². The maximum atomic E-state index is 11.8. The first-order valence-corrected chi connectivity index (χ1v) is 9.54. The van der Waals surface area contributed by atoms with Crippen LogP contribution in [-0.2, 0) is 9.84 Å². The van der Waals surface area contributed by atoms with Gasteiger partial charge in [0.1, 0.15) is 4.71 Å². The predicted octanol–water partition coefficient (Wildman–Crippen LogP) is 2.78. The normalized spacial score (nSPS) is 58.6. The lowest BCUT2D eigenvalue weighted by Gasteiger charge is -2.56. The Labute approximate surface area is 118 Å². The van der Waals surface area contributed by atoms with Crippen molar-refractivity contribution < 1.29 is 8.42 Å². The Kier molecular flexibility index (Phi) is 2.94. The van der Waals surface area contributed by atoms with Crippen LogP contribution in [0.2, 0.25) is 0 Å². The van der Waals surface area contributed by atoms with E-state index in [9.17, 15) is 8.42 Å². The van der Waals surface area contributed by atoms with E-state index in [0.29, 0.717) is 33.2 Å². The first-order valence-electron chi connectivity index (χ1n) is 5.55. The molecule has 0 amide bonds. The second-order valence-corrected chi connectivity index (χ2v) is 10.5. The minimum Gasteiger partial charge on any atom is -0.227 e. The topological polar surface area (TPSA) is 34.1 Å². The number of hydrogen-bond acceptors (Lipinski definition) is 2. The molecular formula is C10H13Br2ClO2S. The molecule has 0 N–H and O–H groups in total. The molecule has 2 saturated carbocycles. The minimum absolute atomic E-state index is 0.202. The van der Waals surface area contributed by atoms with E-state index in [1.807, 2.05) is 0 Å². The van der Waals surface area contributed by atoms with Crippen LogP contribution in [0.3, 0.4) is 0 Å². The third-order valence-electron chi connectivity index (χ3n) is 4.55. The highest BCUT2D eigenvalue weighted by molar-refractivity contribution is 9.12. The molecule has 0 aromatic rings. The molecule has 2 saturated heterocycles. The molecule has 5 atom stereocenters. The molecule has 0 aromatic heterocycles. The van der Waals surface area contributed by atoms with Crippen molar-refractivity contribution in [2.45, 2.75) is 27.2 Å². The van der Waals surface area contributed by atoms with E-state index in [1.165, 1.54) is 0 Å². The van der Waals surface area contributed by atoms with E-state index in [2.05, 4.69) is 31.9 Å². The van der Waals surface area contributed by atoms with Gasteiger partial charge in [-0.25, -0.2) is 8.42 Å². The summed E-state index contributed by atoms with van der Waals surface area (Å²) in [6.45, 7) is 0. The van der Waals surface area contributed by atoms with Gasteiger partial charge >= 0.3 is 0 Å². The highest BCUT2D eigenvalue weighted by Gasteiger charge is 2.63. The number of fused-ring (bicyclic) bond motifs is 2. The fourth-order valence-electron chi connectivity index (χ4n) is 3.78. The first kappa shape index (κ1) is 12.2. The average Bonchev–Trinajstić information content (AvgIpc) is 2.39. The first-order chi connectivity index (χ1) is 7.42. The Morgan fingerprint density at radius 3 is 1.94 bits per heavy atom. The monoisotopic (exact) mass is 390 g/mol. The van der Waals surface area contributed by atoms with Gasteiger partial charge in [0.05, 0.1) is 5.75 Å². The zero-order valence-electron chi connectivity index (χ0n) is 8.52. The molecule has 0 spiro atoms. The van der Waals surface area contributed by atoms with Gasteiger partial charge in [-0.3, -0.25) is 0 Å². The largest absolute Gasteiger partial charge is 0.227 e. The maximum Gasteiger partial charge on any atom is 0.167 e. The summed E-state index contributed by atoms with van der Waals surface area (Å²) in [4.78, 5) is 0.916. The van der Waals surface area contributed by atoms with Crippen LogP contribution >= 0.6 is 43.5 Å². The molecule has 92 valence electrons. The van der Waals surface area contributed by atoms with Gasteiger partial charge in [0, 0.05) is 9.65 Å². The molecule has 2 nitrogen and oxygen atoms in total. The standard InChI is InChI=1S/C10H13Br2ClO2S/c11-7-1-4-6-3-16(14,15)10(13)9(4)5(6)2-8(7)12/h4-10H,1-3H2/t4?,5?,6?,7-,8-,9?,10?/m1/s1. The number of halogens is 3. The predicted molar refractivity (Wildman–Crippen MR) is 72.1 cm³/mol. The van der Waals surface area contributed by atoms with Gasteiger partial charge in [0.2, 0.25) is 0 Å².